The normalized spacial score (nSPS) is 18.0. The van der Waals surface area contributed by atoms with Gasteiger partial charge in [0.25, 0.3) is 0 Å². The van der Waals surface area contributed by atoms with E-state index in [0.717, 1.165) is 17.5 Å². The molecule has 3 heterocycles. The second-order valence-corrected chi connectivity index (χ2v) is 10.1. The number of anilines is 1. The highest BCUT2D eigenvalue weighted by molar-refractivity contribution is 5.97. The highest BCUT2D eigenvalue weighted by Gasteiger charge is 2.33. The number of aromatic nitrogens is 3. The van der Waals surface area contributed by atoms with Crippen LogP contribution in [0, 0.1) is 22.9 Å². The number of esters is 1. The van der Waals surface area contributed by atoms with E-state index in [0.29, 0.717) is 49.6 Å². The maximum absolute atomic E-state index is 15.7. The Morgan fingerprint density at radius 3 is 2.62 bits per heavy atom. The van der Waals surface area contributed by atoms with E-state index in [-0.39, 0.29) is 34.5 Å². The van der Waals surface area contributed by atoms with Gasteiger partial charge in [-0.25, -0.2) is 24.3 Å². The largest absolute Gasteiger partial charge is 0.492 e. The maximum Gasteiger partial charge on any atom is 0.343 e. The Bertz CT molecular complexity index is 1510. The minimum atomic E-state index is -0.763. The van der Waals surface area contributed by atoms with Crippen molar-refractivity contribution in [1.29, 1.82) is 0 Å². The summed E-state index contributed by atoms with van der Waals surface area (Å²) < 4.78 is 29.1. The van der Waals surface area contributed by atoms with Crippen LogP contribution in [0.2, 0.25) is 0 Å². The summed E-state index contributed by atoms with van der Waals surface area (Å²) in [6.07, 6.45) is 5.05. The van der Waals surface area contributed by atoms with Crippen LogP contribution in [0.25, 0.3) is 10.9 Å². The number of hydrogen-bond acceptors (Lipinski definition) is 9. The summed E-state index contributed by atoms with van der Waals surface area (Å²) >= 11 is 0. The number of piperazine rings is 1. The molecule has 3 aromatic rings. The molecule has 2 aliphatic rings. The number of pyridine rings is 1. The van der Waals surface area contributed by atoms with Crippen molar-refractivity contribution in [3.8, 4) is 5.75 Å². The molecule has 0 bridgehead atoms. The predicted octanol–water partition coefficient (Wildman–Crippen LogP) is 2.57. The van der Waals surface area contributed by atoms with Crippen molar-refractivity contribution < 1.29 is 23.7 Å². The number of benzene rings is 1. The smallest absolute Gasteiger partial charge is 0.343 e. The van der Waals surface area contributed by atoms with Gasteiger partial charge in [-0.05, 0) is 32.8 Å². The maximum atomic E-state index is 15.7. The van der Waals surface area contributed by atoms with E-state index in [4.69, 9.17) is 9.47 Å². The number of fused-ring (bicyclic) bond motifs is 1. The Morgan fingerprint density at radius 2 is 2.00 bits per heavy atom. The topological polar surface area (TPSA) is 125 Å². The Balaban J connectivity index is 1.45. The lowest BCUT2D eigenvalue weighted by molar-refractivity contribution is -0.543. The Kier molecular flexibility index (Phi) is 7.02. The molecule has 1 aromatic carbocycles. The number of methoxy groups -OCH3 is 2. The molecule has 0 radical (unpaired) electrons. The molecule has 1 atom stereocenters. The number of nitro groups is 1. The van der Waals surface area contributed by atoms with Crippen molar-refractivity contribution in [2.24, 2.45) is 0 Å². The number of carbonyl (C=O) groups is 1. The quantitative estimate of drug-likeness (QED) is 0.240. The Labute approximate surface area is 223 Å². The first-order chi connectivity index (χ1) is 18.6. The minimum absolute atomic E-state index is 0.00555. The van der Waals surface area contributed by atoms with Gasteiger partial charge in [0.15, 0.2) is 22.4 Å². The number of hydrogen-bond donors (Lipinski definition) is 0. The molecule has 1 saturated heterocycles. The molecule has 1 aliphatic heterocycles. The van der Waals surface area contributed by atoms with Gasteiger partial charge in [0.2, 0.25) is 5.43 Å². The van der Waals surface area contributed by atoms with Crippen LogP contribution < -0.4 is 15.1 Å². The third-order valence-electron chi connectivity index (χ3n) is 7.51. The highest BCUT2D eigenvalue weighted by Crippen LogP contribution is 2.44. The van der Waals surface area contributed by atoms with Crippen molar-refractivity contribution in [3.63, 3.8) is 0 Å². The number of carbonyl (C=O) groups excluding carboxylic acids is 1. The van der Waals surface area contributed by atoms with Crippen molar-refractivity contribution >= 4 is 22.6 Å². The van der Waals surface area contributed by atoms with Crippen LogP contribution in [-0.4, -0.2) is 76.6 Å². The molecule has 0 spiro atoms. The van der Waals surface area contributed by atoms with Crippen LogP contribution in [0.4, 0.5) is 10.1 Å². The van der Waals surface area contributed by atoms with Crippen LogP contribution >= 0.6 is 0 Å². The van der Waals surface area contributed by atoms with Gasteiger partial charge in [-0.15, -0.1) is 0 Å². The summed E-state index contributed by atoms with van der Waals surface area (Å²) in [6, 6.07) is 1.28. The summed E-state index contributed by atoms with van der Waals surface area (Å²) in [6.45, 7) is 5.86. The summed E-state index contributed by atoms with van der Waals surface area (Å²) in [4.78, 5) is 45.2. The van der Waals surface area contributed by atoms with E-state index in [1.165, 1.54) is 32.7 Å². The van der Waals surface area contributed by atoms with Crippen molar-refractivity contribution in [1.82, 2.24) is 19.1 Å². The van der Waals surface area contributed by atoms with Crippen LogP contribution in [0.1, 0.15) is 47.7 Å². The number of ether oxygens (including phenoxy) is 2. The monoisotopic (exact) mass is 542 g/mol. The van der Waals surface area contributed by atoms with E-state index in [1.54, 1.807) is 6.92 Å². The van der Waals surface area contributed by atoms with Gasteiger partial charge >= 0.3 is 5.97 Å². The van der Waals surface area contributed by atoms with Crippen LogP contribution in [0.5, 0.6) is 5.75 Å². The van der Waals surface area contributed by atoms with Gasteiger partial charge in [0.05, 0.1) is 37.0 Å². The standard InChI is InChI=1S/C26H31FN6O6/c1-15-12-32(33(36)37)21(28-15)7-8-29-9-10-30(13-16(29)2)23-20(27)11-18-22(25(23)38-3)31(17-5-6-17)14-19(24(18)34)26(35)39-4/h11-12,14,16-17H,5-10,13H2,1-4H3. The molecule has 1 unspecified atom stereocenters. The second-order valence-electron chi connectivity index (χ2n) is 10.1. The van der Waals surface area contributed by atoms with Gasteiger partial charge in [0, 0.05) is 50.9 Å². The fraction of sp³-hybridized carbons (Fsp3) is 0.500. The van der Waals surface area contributed by atoms with Gasteiger partial charge in [-0.3, -0.25) is 9.69 Å². The molecule has 5 rings (SSSR count). The first-order valence-electron chi connectivity index (χ1n) is 12.9. The molecule has 13 heteroatoms. The molecule has 1 aliphatic carbocycles. The number of aryl methyl sites for hydroxylation is 1. The molecule has 0 amide bonds. The van der Waals surface area contributed by atoms with Crippen molar-refractivity contribution in [2.45, 2.75) is 45.2 Å². The highest BCUT2D eigenvalue weighted by atomic mass is 19.1. The van der Waals surface area contributed by atoms with E-state index in [1.807, 2.05) is 16.4 Å². The third kappa shape index (κ3) is 4.82. The zero-order chi connectivity index (χ0) is 28.0. The fourth-order valence-corrected chi connectivity index (χ4v) is 5.45. The third-order valence-corrected chi connectivity index (χ3v) is 7.51. The van der Waals surface area contributed by atoms with Crippen molar-refractivity contribution in [2.75, 3.05) is 45.3 Å². The zero-order valence-electron chi connectivity index (χ0n) is 22.3. The number of nitrogens with zero attached hydrogens (tertiary/aromatic N) is 6. The van der Waals surface area contributed by atoms with Gasteiger partial charge in [0.1, 0.15) is 11.3 Å². The lowest BCUT2D eigenvalue weighted by atomic mass is 10.1. The van der Waals surface area contributed by atoms with Gasteiger partial charge in [-0.1, -0.05) is 4.68 Å². The summed E-state index contributed by atoms with van der Waals surface area (Å²) in [5, 5.41) is 10.9. The molecule has 208 valence electrons. The van der Waals surface area contributed by atoms with Crippen LogP contribution in [0.3, 0.4) is 0 Å². The lowest BCUT2D eigenvalue weighted by Crippen LogP contribution is -2.52. The van der Waals surface area contributed by atoms with Gasteiger partial charge < -0.3 is 18.9 Å². The first kappa shape index (κ1) is 26.6. The molecular weight excluding hydrogens is 511 g/mol. The second kappa shape index (κ2) is 10.3. The summed E-state index contributed by atoms with van der Waals surface area (Å²) in [5.74, 6) is -0.723. The molecule has 1 saturated carbocycles. The SMILES string of the molecule is COC(=O)c1cn(C2CC2)c2c(OC)c(N3CCN(CCc4nc(C)cn4[N+](=O)[O-])C(C)C3)c(F)cc2c1=O. The summed E-state index contributed by atoms with van der Waals surface area (Å²) in [7, 11) is 2.66. The average molecular weight is 543 g/mol. The molecule has 2 fully saturated rings. The molecule has 12 nitrogen and oxygen atoms in total. The van der Waals surface area contributed by atoms with E-state index >= 15 is 4.39 Å². The number of rotatable bonds is 8. The number of halogens is 1. The predicted molar refractivity (Wildman–Crippen MR) is 141 cm³/mol. The van der Waals surface area contributed by atoms with Crippen molar-refractivity contribution in [3.05, 3.63) is 61.7 Å². The molecule has 0 N–H and O–H groups in total. The van der Waals surface area contributed by atoms with E-state index in [9.17, 15) is 19.7 Å². The fourth-order valence-electron chi connectivity index (χ4n) is 5.45. The first-order valence-corrected chi connectivity index (χ1v) is 12.9. The van der Waals surface area contributed by atoms with Crippen LogP contribution in [-0.2, 0) is 11.2 Å². The number of imidazole rings is 1. The van der Waals surface area contributed by atoms with E-state index in [2.05, 4.69) is 9.88 Å². The molecule has 39 heavy (non-hydrogen) atoms. The average Bonchev–Trinajstić information content (AvgIpc) is 3.68. The molecule has 2 aromatic heterocycles. The Hall–Kier alpha value is -4.00. The lowest BCUT2D eigenvalue weighted by Gasteiger charge is -2.41. The van der Waals surface area contributed by atoms with Crippen LogP contribution in [0.15, 0.2) is 23.3 Å². The van der Waals surface area contributed by atoms with E-state index < -0.39 is 22.2 Å². The summed E-state index contributed by atoms with van der Waals surface area (Å²) in [5.41, 5.74) is 0.587. The Morgan fingerprint density at radius 1 is 1.26 bits per heavy atom. The van der Waals surface area contributed by atoms with Gasteiger partial charge in [-0.2, -0.15) is 0 Å². The minimum Gasteiger partial charge on any atom is -0.492 e. The molecular formula is C26H31FN6O6. The zero-order valence-corrected chi connectivity index (χ0v) is 22.3.